The van der Waals surface area contributed by atoms with Gasteiger partial charge in [-0.05, 0) is 38.6 Å². The minimum Gasteiger partial charge on any atom is -1.00 e. The molecular formula is C12H23KN2O5. The van der Waals surface area contributed by atoms with E-state index in [0.717, 1.165) is 6.42 Å². The second-order valence-corrected chi connectivity index (χ2v) is 4.34. The van der Waals surface area contributed by atoms with Crippen molar-refractivity contribution >= 4 is 17.8 Å². The number of carbonyl (C=O) groups excluding carboxylic acids is 1. The number of carbonyl (C=O) groups is 3. The molecule has 0 heterocycles. The number of carboxylic acid groups (broad SMARTS) is 2. The van der Waals surface area contributed by atoms with Crippen LogP contribution in [0.5, 0.6) is 0 Å². The maximum absolute atomic E-state index is 11.5. The Morgan fingerprint density at radius 2 is 1.65 bits per heavy atom. The molecule has 20 heavy (non-hydrogen) atoms. The molecular weight excluding hydrogens is 291 g/mol. The van der Waals surface area contributed by atoms with E-state index in [9.17, 15) is 14.4 Å². The molecule has 0 fully saturated rings. The van der Waals surface area contributed by atoms with Crippen LogP contribution in [0.1, 0.15) is 46.4 Å². The molecule has 0 aromatic heterocycles. The predicted octanol–water partition coefficient (Wildman–Crippen LogP) is -2.55. The Morgan fingerprint density at radius 1 is 1.05 bits per heavy atom. The van der Waals surface area contributed by atoms with Gasteiger partial charge in [0.1, 0.15) is 6.04 Å². The Kier molecular flexibility index (Phi) is 15.6. The van der Waals surface area contributed by atoms with Gasteiger partial charge in [0.2, 0.25) is 5.91 Å². The molecule has 112 valence electrons. The average Bonchev–Trinajstić information content (AvgIpc) is 2.33. The van der Waals surface area contributed by atoms with Crippen molar-refractivity contribution in [2.24, 2.45) is 5.73 Å². The first-order chi connectivity index (χ1) is 8.97. The Hall–Kier alpha value is 0.00636. The fraction of sp³-hybridized carbons (Fsp3) is 0.750. The molecule has 0 radical (unpaired) electrons. The van der Waals surface area contributed by atoms with Gasteiger partial charge < -0.3 is 22.7 Å². The molecule has 1 amide bonds. The molecule has 5 N–H and O–H groups in total. The van der Waals surface area contributed by atoms with Gasteiger partial charge in [0.25, 0.3) is 0 Å². The predicted molar refractivity (Wildman–Crippen MR) is 69.7 cm³/mol. The molecule has 0 bridgehead atoms. The fourth-order valence-corrected chi connectivity index (χ4v) is 1.58. The SMILES string of the molecule is NCCCC[C@H](NC(=O)CCCCC(=O)O)C(=O)O.[H-].[K+]. The van der Waals surface area contributed by atoms with Crippen molar-refractivity contribution in [1.29, 1.82) is 0 Å². The van der Waals surface area contributed by atoms with Gasteiger partial charge in [-0.3, -0.25) is 9.59 Å². The Morgan fingerprint density at radius 3 is 2.15 bits per heavy atom. The molecule has 7 nitrogen and oxygen atoms in total. The van der Waals surface area contributed by atoms with Crippen LogP contribution in [0, 0.1) is 0 Å². The van der Waals surface area contributed by atoms with Crippen LogP contribution in [0.15, 0.2) is 0 Å². The van der Waals surface area contributed by atoms with Gasteiger partial charge in [0.15, 0.2) is 0 Å². The number of hydrogen-bond donors (Lipinski definition) is 4. The van der Waals surface area contributed by atoms with Crippen molar-refractivity contribution in [3.8, 4) is 0 Å². The van der Waals surface area contributed by atoms with Crippen molar-refractivity contribution < 1.29 is 77.4 Å². The summed E-state index contributed by atoms with van der Waals surface area (Å²) in [4.78, 5) is 32.7. The number of carboxylic acids is 2. The maximum Gasteiger partial charge on any atom is 1.00 e. The summed E-state index contributed by atoms with van der Waals surface area (Å²) >= 11 is 0. The van der Waals surface area contributed by atoms with Crippen molar-refractivity contribution in [2.45, 2.75) is 51.0 Å². The summed E-state index contributed by atoms with van der Waals surface area (Å²) in [5, 5.41) is 19.8. The summed E-state index contributed by atoms with van der Waals surface area (Å²) in [6, 6.07) is -0.890. The van der Waals surface area contributed by atoms with Crippen molar-refractivity contribution in [3.05, 3.63) is 0 Å². The monoisotopic (exact) mass is 314 g/mol. The zero-order valence-electron chi connectivity index (χ0n) is 12.9. The van der Waals surface area contributed by atoms with E-state index in [0.29, 0.717) is 32.2 Å². The second-order valence-electron chi connectivity index (χ2n) is 4.34. The van der Waals surface area contributed by atoms with Crippen LogP contribution < -0.4 is 62.4 Å². The fourth-order valence-electron chi connectivity index (χ4n) is 1.58. The first-order valence-corrected chi connectivity index (χ1v) is 6.41. The number of rotatable bonds is 11. The van der Waals surface area contributed by atoms with E-state index in [1.165, 1.54) is 0 Å². The molecule has 0 aromatic rings. The topological polar surface area (TPSA) is 130 Å². The van der Waals surface area contributed by atoms with Crippen LogP contribution in [0.3, 0.4) is 0 Å². The van der Waals surface area contributed by atoms with E-state index in [4.69, 9.17) is 15.9 Å². The molecule has 0 spiro atoms. The van der Waals surface area contributed by atoms with Gasteiger partial charge in [0, 0.05) is 12.8 Å². The summed E-state index contributed by atoms with van der Waals surface area (Å²) in [7, 11) is 0. The van der Waals surface area contributed by atoms with Crippen LogP contribution in [0.25, 0.3) is 0 Å². The maximum atomic E-state index is 11.5. The number of aliphatic carboxylic acids is 2. The number of nitrogens with two attached hydrogens (primary N) is 1. The van der Waals surface area contributed by atoms with Crippen LogP contribution >= 0.6 is 0 Å². The summed E-state index contributed by atoms with van der Waals surface area (Å²) in [5.41, 5.74) is 5.31. The van der Waals surface area contributed by atoms with Gasteiger partial charge >= 0.3 is 63.3 Å². The zero-order valence-corrected chi connectivity index (χ0v) is 15.1. The number of nitrogens with one attached hydrogen (secondary N) is 1. The number of hydrogen-bond acceptors (Lipinski definition) is 4. The van der Waals surface area contributed by atoms with E-state index in [1.807, 2.05) is 0 Å². The minimum atomic E-state index is -1.06. The number of unbranched alkanes of at least 4 members (excludes halogenated alkanes) is 2. The Labute approximate surface area is 162 Å². The zero-order chi connectivity index (χ0) is 14.7. The summed E-state index contributed by atoms with van der Waals surface area (Å²) in [5.74, 6) is -2.31. The van der Waals surface area contributed by atoms with Gasteiger partial charge in [0.05, 0.1) is 0 Å². The molecule has 0 aliphatic heterocycles. The largest absolute Gasteiger partial charge is 1.00 e. The van der Waals surface area contributed by atoms with Crippen molar-refractivity contribution in [1.82, 2.24) is 5.32 Å². The van der Waals surface area contributed by atoms with E-state index in [-0.39, 0.29) is 71.6 Å². The molecule has 0 rings (SSSR count). The van der Waals surface area contributed by atoms with Gasteiger partial charge in [-0.25, -0.2) is 4.79 Å². The second kappa shape index (κ2) is 14.0. The molecule has 0 unspecified atom stereocenters. The third-order valence-corrected chi connectivity index (χ3v) is 2.62. The van der Waals surface area contributed by atoms with Gasteiger partial charge in [-0.1, -0.05) is 0 Å². The molecule has 0 saturated heterocycles. The minimum absolute atomic E-state index is 0. The van der Waals surface area contributed by atoms with Crippen LogP contribution in [0.2, 0.25) is 0 Å². The molecule has 0 aliphatic carbocycles. The van der Waals surface area contributed by atoms with Crippen molar-refractivity contribution in [3.63, 3.8) is 0 Å². The molecule has 0 saturated carbocycles. The van der Waals surface area contributed by atoms with Crippen LogP contribution in [0.4, 0.5) is 0 Å². The quantitative estimate of drug-likeness (QED) is 0.245. The molecule has 0 aliphatic rings. The van der Waals surface area contributed by atoms with Crippen LogP contribution in [-0.4, -0.2) is 40.6 Å². The summed E-state index contributed by atoms with van der Waals surface area (Å²) in [6.45, 7) is 0.496. The molecule has 8 heteroatoms. The molecule has 0 aromatic carbocycles. The van der Waals surface area contributed by atoms with Crippen LogP contribution in [-0.2, 0) is 14.4 Å². The summed E-state index contributed by atoms with van der Waals surface area (Å²) < 4.78 is 0. The normalized spacial score (nSPS) is 11.2. The third kappa shape index (κ3) is 13.0. The first-order valence-electron chi connectivity index (χ1n) is 6.41. The average molecular weight is 314 g/mol. The molecule has 1 atom stereocenters. The Bertz CT molecular complexity index is 318. The standard InChI is InChI=1S/C12H22N2O5.K.H/c13-8-4-3-5-9(12(18)19)14-10(15)6-1-2-7-11(16)17;;/h9H,1-8,13H2,(H,14,15)(H,16,17)(H,18,19);;/q;+1;-1/t9-;;/m0../s1. The summed E-state index contributed by atoms with van der Waals surface area (Å²) in [6.07, 6.45) is 2.74. The Balaban J connectivity index is -0.00000162. The first kappa shape index (κ1) is 22.3. The van der Waals surface area contributed by atoms with E-state index in [1.54, 1.807) is 0 Å². The smallest absolute Gasteiger partial charge is 1.00 e. The van der Waals surface area contributed by atoms with Crippen molar-refractivity contribution in [2.75, 3.05) is 6.54 Å². The van der Waals surface area contributed by atoms with E-state index < -0.39 is 18.0 Å². The number of amides is 1. The van der Waals surface area contributed by atoms with Gasteiger partial charge in [-0.15, -0.1) is 0 Å². The van der Waals surface area contributed by atoms with E-state index in [2.05, 4.69) is 5.32 Å². The third-order valence-electron chi connectivity index (χ3n) is 2.62. The van der Waals surface area contributed by atoms with E-state index >= 15 is 0 Å². The van der Waals surface area contributed by atoms with Gasteiger partial charge in [-0.2, -0.15) is 0 Å².